The number of benzene rings is 3. The van der Waals surface area contributed by atoms with Crippen molar-refractivity contribution in [1.29, 1.82) is 0 Å². The Morgan fingerprint density at radius 2 is 1.52 bits per heavy atom. The smallest absolute Gasteiger partial charge is 0.366 e. The Labute approximate surface area is 263 Å². The molecule has 0 radical (unpaired) electrons. The summed E-state index contributed by atoms with van der Waals surface area (Å²) in [6.07, 6.45) is -4.48. The summed E-state index contributed by atoms with van der Waals surface area (Å²) in [6, 6.07) is 13.9. The van der Waals surface area contributed by atoms with E-state index in [0.717, 1.165) is 17.7 Å². The van der Waals surface area contributed by atoms with Gasteiger partial charge in [-0.15, -0.1) is 0 Å². The zero-order valence-electron chi connectivity index (χ0n) is 25.8. The Hall–Kier alpha value is -4.32. The molecule has 12 heteroatoms. The molecule has 1 fully saturated rings. The number of nitrogens with one attached hydrogen (secondary N) is 1. The van der Waals surface area contributed by atoms with Crippen molar-refractivity contribution in [2.24, 2.45) is 0 Å². The van der Waals surface area contributed by atoms with Crippen LogP contribution < -0.4 is 15.1 Å². The number of ketones is 1. The van der Waals surface area contributed by atoms with E-state index in [-0.39, 0.29) is 48.3 Å². The molecule has 6 rings (SSSR count). The van der Waals surface area contributed by atoms with Crippen molar-refractivity contribution < 1.29 is 31.3 Å². The van der Waals surface area contributed by atoms with Crippen LogP contribution in [-0.4, -0.2) is 47.6 Å². The van der Waals surface area contributed by atoms with Gasteiger partial charge >= 0.3 is 6.18 Å². The van der Waals surface area contributed by atoms with E-state index in [9.17, 15) is 22.4 Å². The topological polar surface area (TPSA) is 74.5 Å². The van der Waals surface area contributed by atoms with E-state index in [1.165, 1.54) is 30.3 Å². The summed E-state index contributed by atoms with van der Waals surface area (Å²) in [5.41, 5.74) is 0.681. The number of Topliss-reactive ketones (excluding diaryl/α,β-unsaturated/α-hetero) is 1. The number of carbonyl (C=O) groups excluding carboxylic acids is 1. The number of carbonyl (C=O) groups is 1. The largest absolute Gasteiger partial charge is 0.416 e. The molecule has 0 saturated carbocycles. The molecule has 1 aromatic heterocycles. The van der Waals surface area contributed by atoms with Crippen LogP contribution in [0.5, 0.6) is 0 Å². The van der Waals surface area contributed by atoms with Gasteiger partial charge in [0, 0.05) is 43.8 Å². The lowest BCUT2D eigenvalue weighted by Gasteiger charge is -2.39. The predicted octanol–water partition coefficient (Wildman–Crippen LogP) is 6.87. The highest BCUT2D eigenvalue weighted by molar-refractivity contribution is 6.07. The SMILES string of the molecule is C[C@@H]1CN(c2cc3c(cc2F)C(=O)C(c2noc(C(C)(C)c4ccc(F)cc4)n2)CN3Cc2ccc(C(F)(F)F)cc2)C[C@H](C)N1. The Kier molecular flexibility index (Phi) is 8.12. The molecule has 1 N–H and O–H groups in total. The number of anilines is 2. The summed E-state index contributed by atoms with van der Waals surface area (Å²) in [7, 11) is 0. The first-order valence-electron chi connectivity index (χ1n) is 15.1. The summed E-state index contributed by atoms with van der Waals surface area (Å²) in [5.74, 6) is -1.94. The first-order valence-corrected chi connectivity index (χ1v) is 15.1. The Morgan fingerprint density at radius 3 is 2.15 bits per heavy atom. The highest BCUT2D eigenvalue weighted by Crippen LogP contribution is 2.40. The van der Waals surface area contributed by atoms with Crippen molar-refractivity contribution in [2.75, 3.05) is 29.4 Å². The molecule has 46 heavy (non-hydrogen) atoms. The van der Waals surface area contributed by atoms with Gasteiger partial charge < -0.3 is 19.6 Å². The monoisotopic (exact) mass is 639 g/mol. The molecule has 3 heterocycles. The molecular weight excluding hydrogens is 605 g/mol. The maximum Gasteiger partial charge on any atom is 0.416 e. The number of nitrogens with zero attached hydrogens (tertiary/aromatic N) is 4. The van der Waals surface area contributed by atoms with Gasteiger partial charge in [0.05, 0.1) is 22.4 Å². The zero-order valence-corrected chi connectivity index (χ0v) is 25.8. The molecule has 2 aliphatic rings. The third kappa shape index (κ3) is 6.10. The van der Waals surface area contributed by atoms with E-state index in [1.807, 2.05) is 37.5 Å². The fourth-order valence-electron chi connectivity index (χ4n) is 6.35. The van der Waals surface area contributed by atoms with Crippen LogP contribution in [0.2, 0.25) is 0 Å². The molecule has 2 aliphatic heterocycles. The van der Waals surface area contributed by atoms with Crippen LogP contribution in [0.3, 0.4) is 0 Å². The maximum absolute atomic E-state index is 15.8. The molecule has 0 amide bonds. The molecule has 1 unspecified atom stereocenters. The minimum absolute atomic E-state index is 0.0856. The third-order valence-electron chi connectivity index (χ3n) is 8.80. The van der Waals surface area contributed by atoms with Crippen LogP contribution in [0.15, 0.2) is 65.2 Å². The summed E-state index contributed by atoms with van der Waals surface area (Å²) in [5, 5.41) is 7.57. The van der Waals surface area contributed by atoms with Gasteiger partial charge in [-0.05, 0) is 75.2 Å². The van der Waals surface area contributed by atoms with Crippen molar-refractivity contribution in [3.05, 3.63) is 106 Å². The minimum atomic E-state index is -4.48. The molecule has 0 aliphatic carbocycles. The van der Waals surface area contributed by atoms with Gasteiger partial charge in [0.15, 0.2) is 11.6 Å². The van der Waals surface area contributed by atoms with Crippen LogP contribution in [0.4, 0.5) is 33.3 Å². The standard InChI is InChI=1S/C34H34F5N5O2/c1-19-15-43(16-20(2)40-19)29-14-28-25(13-27(29)36)30(45)26(18-44(28)17-21-5-7-23(8-6-21)34(37,38)39)31-41-32(46-42-31)33(3,4)22-9-11-24(35)12-10-22/h5-14,19-20,26,40H,15-18H2,1-4H3/t19-,20+,26?. The number of hydrogen-bond donors (Lipinski definition) is 1. The van der Waals surface area contributed by atoms with Crippen LogP contribution in [0.25, 0.3) is 0 Å². The number of hydrogen-bond acceptors (Lipinski definition) is 7. The van der Waals surface area contributed by atoms with Crippen molar-refractivity contribution in [3.8, 4) is 0 Å². The summed E-state index contributed by atoms with van der Waals surface area (Å²) < 4.78 is 74.7. The molecular formula is C34H34F5N5O2. The lowest BCUT2D eigenvalue weighted by molar-refractivity contribution is -0.137. The third-order valence-corrected chi connectivity index (χ3v) is 8.80. The van der Waals surface area contributed by atoms with E-state index >= 15 is 4.39 Å². The predicted molar refractivity (Wildman–Crippen MR) is 163 cm³/mol. The Balaban J connectivity index is 1.38. The molecule has 4 aromatic rings. The Bertz CT molecular complexity index is 1730. The van der Waals surface area contributed by atoms with Crippen LogP contribution >= 0.6 is 0 Å². The van der Waals surface area contributed by atoms with E-state index in [2.05, 4.69) is 15.5 Å². The van der Waals surface area contributed by atoms with Gasteiger partial charge in [-0.3, -0.25) is 4.79 Å². The average Bonchev–Trinajstić information content (AvgIpc) is 3.49. The number of aromatic nitrogens is 2. The van der Waals surface area contributed by atoms with Crippen molar-refractivity contribution >= 4 is 17.2 Å². The summed E-state index contributed by atoms with van der Waals surface area (Å²) >= 11 is 0. The number of halogens is 5. The average molecular weight is 640 g/mol. The quantitative estimate of drug-likeness (QED) is 0.231. The highest BCUT2D eigenvalue weighted by Gasteiger charge is 2.40. The van der Waals surface area contributed by atoms with Gasteiger partial charge in [0.2, 0.25) is 5.89 Å². The molecule has 0 spiro atoms. The summed E-state index contributed by atoms with van der Waals surface area (Å²) in [4.78, 5) is 22.4. The highest BCUT2D eigenvalue weighted by atomic mass is 19.4. The minimum Gasteiger partial charge on any atom is -0.366 e. The van der Waals surface area contributed by atoms with E-state index < -0.39 is 34.7 Å². The molecule has 0 bridgehead atoms. The van der Waals surface area contributed by atoms with Crippen LogP contribution in [-0.2, 0) is 18.1 Å². The number of piperazine rings is 1. The molecule has 3 atom stereocenters. The second kappa shape index (κ2) is 11.8. The van der Waals surface area contributed by atoms with E-state index in [0.29, 0.717) is 30.0 Å². The lowest BCUT2D eigenvalue weighted by atomic mass is 9.84. The van der Waals surface area contributed by atoms with Gasteiger partial charge in [0.25, 0.3) is 0 Å². The maximum atomic E-state index is 15.8. The molecule has 7 nitrogen and oxygen atoms in total. The van der Waals surface area contributed by atoms with Gasteiger partial charge in [0.1, 0.15) is 17.6 Å². The first-order chi connectivity index (χ1) is 21.7. The Morgan fingerprint density at radius 1 is 0.891 bits per heavy atom. The fraction of sp³-hybridized carbons (Fsp3) is 0.382. The van der Waals surface area contributed by atoms with Crippen molar-refractivity contribution in [3.63, 3.8) is 0 Å². The van der Waals surface area contributed by atoms with E-state index in [1.54, 1.807) is 18.2 Å². The lowest BCUT2D eigenvalue weighted by Crippen LogP contribution is -2.54. The number of alkyl halides is 3. The van der Waals surface area contributed by atoms with Crippen LogP contribution in [0, 0.1) is 11.6 Å². The van der Waals surface area contributed by atoms with Gasteiger partial charge in [-0.2, -0.15) is 18.2 Å². The van der Waals surface area contributed by atoms with Crippen molar-refractivity contribution in [2.45, 2.75) is 63.8 Å². The zero-order chi connectivity index (χ0) is 33.0. The molecule has 1 saturated heterocycles. The van der Waals surface area contributed by atoms with Gasteiger partial charge in [-0.1, -0.05) is 29.4 Å². The number of rotatable bonds is 6. The summed E-state index contributed by atoms with van der Waals surface area (Å²) in [6.45, 7) is 9.06. The van der Waals surface area contributed by atoms with Crippen molar-refractivity contribution in [1.82, 2.24) is 15.5 Å². The van der Waals surface area contributed by atoms with E-state index in [4.69, 9.17) is 4.52 Å². The first kappa shape index (κ1) is 31.7. The molecule has 3 aromatic carbocycles. The van der Waals surface area contributed by atoms with Crippen LogP contribution in [0.1, 0.15) is 72.4 Å². The normalized spacial score (nSPS) is 20.6. The number of fused-ring (bicyclic) bond motifs is 1. The second-order valence-corrected chi connectivity index (χ2v) is 12.8. The fourth-order valence-corrected chi connectivity index (χ4v) is 6.35. The molecule has 242 valence electrons. The second-order valence-electron chi connectivity index (χ2n) is 12.8. The van der Waals surface area contributed by atoms with Gasteiger partial charge in [-0.25, -0.2) is 8.78 Å².